The molecule has 0 aliphatic rings. The van der Waals surface area contributed by atoms with Crippen LogP contribution in [0, 0.1) is 0 Å². The lowest BCUT2D eigenvalue weighted by Gasteiger charge is -2.34. The van der Waals surface area contributed by atoms with Gasteiger partial charge in [-0.1, -0.05) is 231 Å². The van der Waals surface area contributed by atoms with Crippen molar-refractivity contribution in [2.24, 2.45) is 0 Å². The molecule has 11 aromatic carbocycles. The van der Waals surface area contributed by atoms with Gasteiger partial charge in [-0.3, -0.25) is 0 Å². The molecule has 0 unspecified atom stereocenters. The molecule has 1 nitrogen and oxygen atoms in total. The van der Waals surface area contributed by atoms with Crippen molar-refractivity contribution in [2.75, 3.05) is 0 Å². The van der Waals surface area contributed by atoms with Gasteiger partial charge in [-0.25, -0.2) is 0 Å². The molecule has 12 aromatic rings. The Bertz CT molecular complexity index is 3450. The van der Waals surface area contributed by atoms with E-state index < -0.39 is 8.07 Å². The molecule has 0 atom stereocenters. The molecule has 1 aromatic heterocycles. The van der Waals surface area contributed by atoms with Gasteiger partial charge in [0, 0.05) is 10.8 Å². The Morgan fingerprint density at radius 1 is 0.274 bits per heavy atom. The fraction of sp³-hybridized carbons (Fsp3) is 0. The zero-order chi connectivity index (χ0) is 41.0. The zero-order valence-corrected chi connectivity index (χ0v) is 35.0. The second kappa shape index (κ2) is 14.7. The molecule has 0 saturated carbocycles. The lowest BCUT2D eigenvalue weighted by Crippen LogP contribution is -2.74. The highest BCUT2D eigenvalue weighted by molar-refractivity contribution is 7.20. The number of fused-ring (bicyclic) bond motifs is 6. The molecule has 62 heavy (non-hydrogen) atoms. The second-order valence-electron chi connectivity index (χ2n) is 16.3. The van der Waals surface area contributed by atoms with Gasteiger partial charge in [-0.05, 0) is 98.6 Å². The van der Waals surface area contributed by atoms with Gasteiger partial charge < -0.3 is 4.42 Å². The summed E-state index contributed by atoms with van der Waals surface area (Å²) in [5.74, 6) is 0. The topological polar surface area (TPSA) is 13.1 Å². The normalized spacial score (nSPS) is 11.9. The lowest BCUT2D eigenvalue weighted by molar-refractivity contribution is 0.669. The van der Waals surface area contributed by atoms with Gasteiger partial charge in [0.05, 0.1) is 0 Å². The number of rotatable bonds is 7. The highest BCUT2D eigenvalue weighted by Gasteiger charge is 2.41. The molecule has 2 heteroatoms. The van der Waals surface area contributed by atoms with Crippen molar-refractivity contribution in [3.8, 4) is 33.4 Å². The van der Waals surface area contributed by atoms with E-state index in [1.807, 2.05) is 0 Å². The molecule has 12 rings (SSSR count). The maximum Gasteiger partial charge on any atom is 0.179 e. The van der Waals surface area contributed by atoms with Crippen LogP contribution in [0.1, 0.15) is 0 Å². The maximum atomic E-state index is 6.84. The molecule has 1 heterocycles. The summed E-state index contributed by atoms with van der Waals surface area (Å²) in [6.07, 6.45) is 0. The van der Waals surface area contributed by atoms with Crippen LogP contribution in [0.25, 0.3) is 87.6 Å². The molecule has 290 valence electrons. The molecule has 0 bridgehead atoms. The zero-order valence-electron chi connectivity index (χ0n) is 34.0. The smallest absolute Gasteiger partial charge is 0.179 e. The minimum atomic E-state index is -2.72. The van der Waals surface area contributed by atoms with Crippen molar-refractivity contribution < 1.29 is 4.42 Å². The van der Waals surface area contributed by atoms with Crippen LogP contribution in [0.5, 0.6) is 0 Å². The van der Waals surface area contributed by atoms with E-state index >= 15 is 0 Å². The summed E-state index contributed by atoms with van der Waals surface area (Å²) in [5, 5.41) is 15.1. The van der Waals surface area contributed by atoms with Gasteiger partial charge in [0.15, 0.2) is 8.07 Å². The summed E-state index contributed by atoms with van der Waals surface area (Å²) in [6, 6.07) is 89.1. The van der Waals surface area contributed by atoms with E-state index in [1.54, 1.807) is 0 Å². The van der Waals surface area contributed by atoms with Crippen LogP contribution in [0.4, 0.5) is 0 Å². The first kappa shape index (κ1) is 36.1. The Kier molecular flexibility index (Phi) is 8.58. The predicted octanol–water partition coefficient (Wildman–Crippen LogP) is 13.4. The maximum absolute atomic E-state index is 6.84. The van der Waals surface area contributed by atoms with E-state index in [4.69, 9.17) is 4.42 Å². The number of hydrogen-bond donors (Lipinski definition) is 0. The van der Waals surface area contributed by atoms with Gasteiger partial charge in [-0.15, -0.1) is 0 Å². The van der Waals surface area contributed by atoms with Crippen molar-refractivity contribution in [2.45, 2.75) is 0 Å². The van der Waals surface area contributed by atoms with Crippen molar-refractivity contribution in [1.29, 1.82) is 0 Å². The summed E-state index contributed by atoms with van der Waals surface area (Å²) in [7, 11) is -2.72. The van der Waals surface area contributed by atoms with E-state index in [0.717, 1.165) is 27.5 Å². The first-order chi connectivity index (χ1) is 30.8. The standard InChI is InChI=1S/C60H40OSi/c1-4-20-44(21-5-1)62(45-22-6-2-7-23-45,46-24-8-3-9-25-46)47-38-39-55-57(40-47)61-56-33-17-31-49(60(55)56)42-34-36-43(37-35-42)58-51-27-12-14-29-53(51)59(54-30-15-13-28-52(54)58)50-32-16-19-41-18-10-11-26-48(41)50/h1-40H. The van der Waals surface area contributed by atoms with Crippen molar-refractivity contribution in [1.82, 2.24) is 0 Å². The summed E-state index contributed by atoms with van der Waals surface area (Å²) in [4.78, 5) is 0. The highest BCUT2D eigenvalue weighted by Crippen LogP contribution is 2.46. The molecule has 0 N–H and O–H groups in total. The van der Waals surface area contributed by atoms with E-state index in [9.17, 15) is 0 Å². The van der Waals surface area contributed by atoms with Gasteiger partial charge in [0.1, 0.15) is 11.2 Å². The van der Waals surface area contributed by atoms with Crippen LogP contribution >= 0.6 is 0 Å². The first-order valence-electron chi connectivity index (χ1n) is 21.4. The number of hydrogen-bond acceptors (Lipinski definition) is 1. The average molecular weight is 805 g/mol. The third kappa shape index (κ3) is 5.61. The van der Waals surface area contributed by atoms with Crippen molar-refractivity contribution in [3.63, 3.8) is 0 Å². The lowest BCUT2D eigenvalue weighted by atomic mass is 9.84. The van der Waals surface area contributed by atoms with Crippen LogP contribution in [-0.4, -0.2) is 8.07 Å². The van der Waals surface area contributed by atoms with Crippen LogP contribution in [0.2, 0.25) is 0 Å². The van der Waals surface area contributed by atoms with Crippen molar-refractivity contribution >= 4 is 83.1 Å². The Morgan fingerprint density at radius 2 is 0.742 bits per heavy atom. The Balaban J connectivity index is 1.01. The molecule has 0 aliphatic carbocycles. The third-order valence-electron chi connectivity index (χ3n) is 13.0. The molecule has 0 aliphatic heterocycles. The van der Waals surface area contributed by atoms with Gasteiger partial charge in [-0.2, -0.15) is 0 Å². The molecular formula is C60H40OSi. The van der Waals surface area contributed by atoms with Crippen LogP contribution < -0.4 is 20.7 Å². The molecule has 0 radical (unpaired) electrons. The number of benzene rings is 11. The largest absolute Gasteiger partial charge is 0.456 e. The van der Waals surface area contributed by atoms with E-state index in [-0.39, 0.29) is 0 Å². The second-order valence-corrected chi connectivity index (χ2v) is 20.1. The Hall–Kier alpha value is -7.78. The highest BCUT2D eigenvalue weighted by atomic mass is 28.3. The third-order valence-corrected chi connectivity index (χ3v) is 17.8. The summed E-state index contributed by atoms with van der Waals surface area (Å²) < 4.78 is 6.84. The quantitative estimate of drug-likeness (QED) is 0.0888. The van der Waals surface area contributed by atoms with Crippen LogP contribution in [-0.2, 0) is 0 Å². The van der Waals surface area contributed by atoms with Gasteiger partial charge >= 0.3 is 0 Å². The van der Waals surface area contributed by atoms with E-state index in [1.165, 1.54) is 80.9 Å². The SMILES string of the molecule is c1ccc([Si](c2ccccc2)(c2ccccc2)c2ccc3c(c2)oc2cccc(-c4ccc(-c5c6ccccc6c(-c6cccc7ccccc67)c6ccccc56)cc4)c23)cc1. The van der Waals surface area contributed by atoms with Crippen LogP contribution in [0.3, 0.4) is 0 Å². The molecular weight excluding hydrogens is 765 g/mol. The molecule has 0 fully saturated rings. The first-order valence-corrected chi connectivity index (χ1v) is 23.4. The average Bonchev–Trinajstić information content (AvgIpc) is 3.73. The van der Waals surface area contributed by atoms with E-state index in [2.05, 4.69) is 243 Å². The van der Waals surface area contributed by atoms with Crippen molar-refractivity contribution in [3.05, 3.63) is 243 Å². The fourth-order valence-electron chi connectivity index (χ4n) is 10.4. The van der Waals surface area contributed by atoms with Gasteiger partial charge in [0.25, 0.3) is 0 Å². The Labute approximate surface area is 361 Å². The molecule has 0 spiro atoms. The van der Waals surface area contributed by atoms with Crippen LogP contribution in [0.15, 0.2) is 247 Å². The molecule has 0 amide bonds. The van der Waals surface area contributed by atoms with Gasteiger partial charge in [0.2, 0.25) is 0 Å². The summed E-state index contributed by atoms with van der Waals surface area (Å²) in [6.45, 7) is 0. The Morgan fingerprint density at radius 3 is 1.34 bits per heavy atom. The minimum Gasteiger partial charge on any atom is -0.456 e. The monoisotopic (exact) mass is 804 g/mol. The number of furan rings is 1. The predicted molar refractivity (Wildman–Crippen MR) is 266 cm³/mol. The summed E-state index contributed by atoms with van der Waals surface area (Å²) >= 11 is 0. The molecule has 0 saturated heterocycles. The minimum absolute atomic E-state index is 0.895. The van der Waals surface area contributed by atoms with E-state index in [0.29, 0.717) is 0 Å². The fourth-order valence-corrected chi connectivity index (χ4v) is 15.1. The summed E-state index contributed by atoms with van der Waals surface area (Å²) in [5.41, 5.74) is 9.13.